The Labute approximate surface area is 119 Å². The molecule has 0 fully saturated rings. The molecule has 2 aromatic rings. The minimum atomic E-state index is -4.41. The van der Waals surface area contributed by atoms with E-state index in [0.29, 0.717) is 12.2 Å². The van der Waals surface area contributed by atoms with Crippen LogP contribution in [0.4, 0.5) is 18.9 Å². The molecule has 1 aromatic carbocycles. The lowest BCUT2D eigenvalue weighted by Crippen LogP contribution is -2.07. The van der Waals surface area contributed by atoms with Crippen LogP contribution in [0, 0.1) is 6.92 Å². The molecule has 0 spiro atoms. The number of halogens is 4. The number of rotatable bonds is 3. The lowest BCUT2D eigenvalue weighted by Gasteiger charge is -2.11. The summed E-state index contributed by atoms with van der Waals surface area (Å²) >= 11 is 5.72. The van der Waals surface area contributed by atoms with Crippen LogP contribution in [0.5, 0.6) is 0 Å². The average Bonchev–Trinajstić information content (AvgIpc) is 2.66. The van der Waals surface area contributed by atoms with Crippen LogP contribution in [0.25, 0.3) is 0 Å². The standard InChI is InChI=1S/C13H13ClF3N3/c1-8-9(7-19-20(8)2)6-18-12-4-10(13(15,16)17)3-11(14)5-12/h3-5,7,18H,6H2,1-2H3. The summed E-state index contributed by atoms with van der Waals surface area (Å²) in [4.78, 5) is 0. The summed E-state index contributed by atoms with van der Waals surface area (Å²) in [5.74, 6) is 0. The van der Waals surface area contributed by atoms with E-state index < -0.39 is 11.7 Å². The highest BCUT2D eigenvalue weighted by Gasteiger charge is 2.31. The fourth-order valence-electron chi connectivity index (χ4n) is 1.77. The van der Waals surface area contributed by atoms with Gasteiger partial charge in [-0.25, -0.2) is 0 Å². The zero-order chi connectivity index (χ0) is 14.9. The molecule has 7 heteroatoms. The zero-order valence-electron chi connectivity index (χ0n) is 10.9. The predicted molar refractivity (Wildman–Crippen MR) is 71.7 cm³/mol. The Bertz CT molecular complexity index is 620. The zero-order valence-corrected chi connectivity index (χ0v) is 11.7. The van der Waals surface area contributed by atoms with Crippen LogP contribution in [-0.2, 0) is 19.8 Å². The molecule has 0 aliphatic heterocycles. The first-order chi connectivity index (χ1) is 9.27. The number of aryl methyl sites for hydroxylation is 1. The van der Waals surface area contributed by atoms with Crippen molar-refractivity contribution in [2.24, 2.45) is 7.05 Å². The molecular formula is C13H13ClF3N3. The summed E-state index contributed by atoms with van der Waals surface area (Å²) in [5.41, 5.74) is 1.43. The number of benzene rings is 1. The van der Waals surface area contributed by atoms with Crippen LogP contribution in [0.1, 0.15) is 16.8 Å². The number of nitrogens with zero attached hydrogens (tertiary/aromatic N) is 2. The Balaban J connectivity index is 2.18. The average molecular weight is 304 g/mol. The summed E-state index contributed by atoms with van der Waals surface area (Å²) in [6.45, 7) is 2.28. The Morgan fingerprint density at radius 1 is 1.30 bits per heavy atom. The van der Waals surface area contributed by atoms with Crippen LogP contribution in [0.15, 0.2) is 24.4 Å². The first-order valence-electron chi connectivity index (χ1n) is 5.86. The Morgan fingerprint density at radius 3 is 2.55 bits per heavy atom. The van der Waals surface area contributed by atoms with Gasteiger partial charge in [0.15, 0.2) is 0 Å². The molecule has 1 aromatic heterocycles. The highest BCUT2D eigenvalue weighted by Crippen LogP contribution is 2.33. The molecule has 0 atom stereocenters. The molecular weight excluding hydrogens is 291 g/mol. The second kappa shape index (κ2) is 5.36. The number of nitrogens with one attached hydrogen (secondary N) is 1. The van der Waals surface area contributed by atoms with Gasteiger partial charge < -0.3 is 5.32 Å². The molecule has 1 heterocycles. The monoisotopic (exact) mass is 303 g/mol. The third kappa shape index (κ3) is 3.25. The van der Waals surface area contributed by atoms with Crippen molar-refractivity contribution < 1.29 is 13.2 Å². The highest BCUT2D eigenvalue weighted by molar-refractivity contribution is 6.30. The van der Waals surface area contributed by atoms with Crippen molar-refractivity contribution in [3.63, 3.8) is 0 Å². The van der Waals surface area contributed by atoms with Crippen molar-refractivity contribution >= 4 is 17.3 Å². The van der Waals surface area contributed by atoms with Crippen molar-refractivity contribution in [2.75, 3.05) is 5.32 Å². The van der Waals surface area contributed by atoms with Gasteiger partial charge in [-0.1, -0.05) is 11.6 Å². The van der Waals surface area contributed by atoms with E-state index in [-0.39, 0.29) is 5.02 Å². The molecule has 2 rings (SSSR count). The van der Waals surface area contributed by atoms with Gasteiger partial charge in [-0.2, -0.15) is 18.3 Å². The predicted octanol–water partition coefficient (Wildman–Crippen LogP) is 4.01. The number of hydrogen-bond acceptors (Lipinski definition) is 2. The van der Waals surface area contributed by atoms with Crippen LogP contribution in [-0.4, -0.2) is 9.78 Å². The van der Waals surface area contributed by atoms with Crippen molar-refractivity contribution in [1.82, 2.24) is 9.78 Å². The van der Waals surface area contributed by atoms with E-state index in [1.54, 1.807) is 17.9 Å². The van der Waals surface area contributed by atoms with Gasteiger partial charge in [0.05, 0.1) is 11.8 Å². The largest absolute Gasteiger partial charge is 0.416 e. The SMILES string of the molecule is Cc1c(CNc2cc(Cl)cc(C(F)(F)F)c2)cnn1C. The molecule has 0 aliphatic rings. The molecule has 3 nitrogen and oxygen atoms in total. The number of alkyl halides is 3. The summed E-state index contributed by atoms with van der Waals surface area (Å²) in [7, 11) is 1.81. The summed E-state index contributed by atoms with van der Waals surface area (Å²) in [6, 6.07) is 3.40. The van der Waals surface area contributed by atoms with E-state index in [0.717, 1.165) is 23.4 Å². The fraction of sp³-hybridized carbons (Fsp3) is 0.308. The van der Waals surface area contributed by atoms with Gasteiger partial charge in [-0.05, 0) is 25.1 Å². The molecule has 0 saturated heterocycles. The normalized spacial score (nSPS) is 11.7. The summed E-state index contributed by atoms with van der Waals surface area (Å²) in [5, 5.41) is 7.05. The Morgan fingerprint density at radius 2 is 2.00 bits per heavy atom. The van der Waals surface area contributed by atoms with Crippen LogP contribution >= 0.6 is 11.6 Å². The third-order valence-electron chi connectivity index (χ3n) is 3.04. The maximum atomic E-state index is 12.7. The van der Waals surface area contributed by atoms with E-state index in [2.05, 4.69) is 10.4 Å². The lowest BCUT2D eigenvalue weighted by molar-refractivity contribution is -0.137. The molecule has 1 N–H and O–H groups in total. The van der Waals surface area contributed by atoms with E-state index in [1.165, 1.54) is 6.07 Å². The molecule has 0 saturated carbocycles. The number of aromatic nitrogens is 2. The van der Waals surface area contributed by atoms with Gasteiger partial charge in [0, 0.05) is 35.6 Å². The Kier molecular flexibility index (Phi) is 3.94. The Hall–Kier alpha value is -1.69. The van der Waals surface area contributed by atoms with Crippen molar-refractivity contribution in [2.45, 2.75) is 19.6 Å². The summed E-state index contributed by atoms with van der Waals surface area (Å²) < 4.78 is 39.7. The van der Waals surface area contributed by atoms with Gasteiger partial charge in [0.1, 0.15) is 0 Å². The summed E-state index contributed by atoms with van der Waals surface area (Å²) in [6.07, 6.45) is -2.73. The van der Waals surface area contributed by atoms with Crippen molar-refractivity contribution in [3.8, 4) is 0 Å². The molecule has 0 amide bonds. The maximum Gasteiger partial charge on any atom is 0.416 e. The minimum Gasteiger partial charge on any atom is -0.381 e. The van der Waals surface area contributed by atoms with Crippen LogP contribution in [0.2, 0.25) is 5.02 Å². The number of hydrogen-bond donors (Lipinski definition) is 1. The molecule has 0 bridgehead atoms. The van der Waals surface area contributed by atoms with Crippen LogP contribution in [0.3, 0.4) is 0 Å². The fourth-order valence-corrected chi connectivity index (χ4v) is 2.01. The van der Waals surface area contributed by atoms with Gasteiger partial charge in [0.25, 0.3) is 0 Å². The second-order valence-electron chi connectivity index (χ2n) is 4.46. The highest BCUT2D eigenvalue weighted by atomic mass is 35.5. The molecule has 0 radical (unpaired) electrons. The number of anilines is 1. The molecule has 20 heavy (non-hydrogen) atoms. The molecule has 0 aliphatic carbocycles. The van der Waals surface area contributed by atoms with Crippen molar-refractivity contribution in [1.29, 1.82) is 0 Å². The van der Waals surface area contributed by atoms with E-state index in [9.17, 15) is 13.2 Å². The smallest absolute Gasteiger partial charge is 0.381 e. The lowest BCUT2D eigenvalue weighted by atomic mass is 10.2. The third-order valence-corrected chi connectivity index (χ3v) is 3.26. The first kappa shape index (κ1) is 14.7. The topological polar surface area (TPSA) is 29.9 Å². The van der Waals surface area contributed by atoms with Gasteiger partial charge in [-0.15, -0.1) is 0 Å². The van der Waals surface area contributed by atoms with Crippen molar-refractivity contribution in [3.05, 3.63) is 46.2 Å². The second-order valence-corrected chi connectivity index (χ2v) is 4.90. The maximum absolute atomic E-state index is 12.7. The van der Waals surface area contributed by atoms with Gasteiger partial charge in [-0.3, -0.25) is 4.68 Å². The molecule has 108 valence electrons. The molecule has 0 unspecified atom stereocenters. The van der Waals surface area contributed by atoms with Gasteiger partial charge >= 0.3 is 6.18 Å². The quantitative estimate of drug-likeness (QED) is 0.928. The first-order valence-corrected chi connectivity index (χ1v) is 6.24. The van der Waals surface area contributed by atoms with Crippen LogP contribution < -0.4 is 5.32 Å². The van der Waals surface area contributed by atoms with Gasteiger partial charge in [0.2, 0.25) is 0 Å². The van der Waals surface area contributed by atoms with E-state index >= 15 is 0 Å². The van der Waals surface area contributed by atoms with E-state index in [4.69, 9.17) is 11.6 Å². The van der Waals surface area contributed by atoms with E-state index in [1.807, 2.05) is 6.92 Å². The minimum absolute atomic E-state index is 0.0465.